The molecule has 5 rings (SSSR count). The first-order valence-corrected chi connectivity index (χ1v) is 10.9. The minimum atomic E-state index is -0.250. The molecule has 1 saturated heterocycles. The fourth-order valence-corrected chi connectivity index (χ4v) is 4.32. The highest BCUT2D eigenvalue weighted by molar-refractivity contribution is 5.92. The Labute approximate surface area is 181 Å². The number of benzene rings is 1. The molecule has 158 valence electrons. The maximum absolute atomic E-state index is 13.5. The van der Waals surface area contributed by atoms with Gasteiger partial charge in [0.05, 0.1) is 5.52 Å². The lowest BCUT2D eigenvalue weighted by molar-refractivity contribution is 0.356. The molecule has 0 spiro atoms. The monoisotopic (exact) mass is 415 g/mol. The van der Waals surface area contributed by atoms with Crippen molar-refractivity contribution >= 4 is 5.52 Å². The number of hydrogen-bond donors (Lipinski definition) is 2. The Bertz CT molecular complexity index is 1150. The first kappa shape index (κ1) is 19.8. The SMILES string of the molecule is Fc1ccc(-c2nn3cc(CNCC4CCNCC4)ccc3c2-c2ccncc2)cc1. The van der Waals surface area contributed by atoms with Crippen molar-refractivity contribution in [1.82, 2.24) is 25.2 Å². The van der Waals surface area contributed by atoms with E-state index >= 15 is 0 Å². The zero-order chi connectivity index (χ0) is 21.0. The van der Waals surface area contributed by atoms with Gasteiger partial charge in [-0.15, -0.1) is 0 Å². The third kappa shape index (κ3) is 4.36. The number of piperidine rings is 1. The summed E-state index contributed by atoms with van der Waals surface area (Å²) in [6.07, 6.45) is 8.13. The molecule has 0 saturated carbocycles. The largest absolute Gasteiger partial charge is 0.317 e. The van der Waals surface area contributed by atoms with Gasteiger partial charge in [-0.3, -0.25) is 4.98 Å². The minimum absolute atomic E-state index is 0.250. The summed E-state index contributed by atoms with van der Waals surface area (Å²) in [4.78, 5) is 4.15. The minimum Gasteiger partial charge on any atom is -0.317 e. The van der Waals surface area contributed by atoms with Crippen molar-refractivity contribution in [3.63, 3.8) is 0 Å². The van der Waals surface area contributed by atoms with Gasteiger partial charge in [0.15, 0.2) is 0 Å². The normalized spacial score (nSPS) is 14.9. The van der Waals surface area contributed by atoms with Crippen LogP contribution >= 0.6 is 0 Å². The van der Waals surface area contributed by atoms with Crippen LogP contribution in [0.4, 0.5) is 4.39 Å². The molecule has 1 aliphatic heterocycles. The number of rotatable bonds is 6. The summed E-state index contributed by atoms with van der Waals surface area (Å²) in [6, 6.07) is 14.8. The highest BCUT2D eigenvalue weighted by Crippen LogP contribution is 2.35. The van der Waals surface area contributed by atoms with Gasteiger partial charge in [0.2, 0.25) is 0 Å². The Morgan fingerprint density at radius 2 is 1.74 bits per heavy atom. The lowest BCUT2D eigenvalue weighted by Gasteiger charge is -2.22. The molecule has 0 unspecified atom stereocenters. The fourth-order valence-electron chi connectivity index (χ4n) is 4.32. The number of hydrogen-bond acceptors (Lipinski definition) is 4. The molecule has 1 fully saturated rings. The molecule has 0 aliphatic carbocycles. The summed E-state index contributed by atoms with van der Waals surface area (Å²) < 4.78 is 15.4. The smallest absolute Gasteiger partial charge is 0.123 e. The van der Waals surface area contributed by atoms with E-state index in [-0.39, 0.29) is 5.82 Å². The van der Waals surface area contributed by atoms with E-state index in [1.165, 1.54) is 30.5 Å². The van der Waals surface area contributed by atoms with Gasteiger partial charge >= 0.3 is 0 Å². The van der Waals surface area contributed by atoms with E-state index in [1.807, 2.05) is 16.6 Å². The van der Waals surface area contributed by atoms with E-state index in [1.54, 1.807) is 24.5 Å². The molecular weight excluding hydrogens is 389 g/mol. The quantitative estimate of drug-likeness (QED) is 0.493. The summed E-state index contributed by atoms with van der Waals surface area (Å²) in [6.45, 7) is 4.10. The predicted molar refractivity (Wildman–Crippen MR) is 121 cm³/mol. The van der Waals surface area contributed by atoms with Crippen molar-refractivity contribution in [2.75, 3.05) is 19.6 Å². The Morgan fingerprint density at radius 1 is 0.968 bits per heavy atom. The Kier molecular flexibility index (Phi) is 5.74. The number of nitrogens with one attached hydrogen (secondary N) is 2. The van der Waals surface area contributed by atoms with Crippen molar-refractivity contribution in [3.05, 3.63) is 78.5 Å². The molecule has 4 heterocycles. The molecule has 3 aromatic heterocycles. The summed E-state index contributed by atoms with van der Waals surface area (Å²) >= 11 is 0. The van der Waals surface area contributed by atoms with E-state index in [9.17, 15) is 4.39 Å². The zero-order valence-electron chi connectivity index (χ0n) is 17.4. The number of halogens is 1. The van der Waals surface area contributed by atoms with Gasteiger partial charge in [0, 0.05) is 36.3 Å². The van der Waals surface area contributed by atoms with E-state index in [2.05, 4.69) is 33.9 Å². The number of nitrogens with zero attached hydrogens (tertiary/aromatic N) is 3. The topological polar surface area (TPSA) is 54.2 Å². The van der Waals surface area contributed by atoms with Crippen LogP contribution in [-0.4, -0.2) is 34.2 Å². The molecule has 1 aliphatic rings. The lowest BCUT2D eigenvalue weighted by Crippen LogP contribution is -2.33. The van der Waals surface area contributed by atoms with E-state index in [4.69, 9.17) is 5.10 Å². The van der Waals surface area contributed by atoms with E-state index < -0.39 is 0 Å². The summed E-state index contributed by atoms with van der Waals surface area (Å²) in [5.74, 6) is 0.498. The second kappa shape index (κ2) is 8.96. The third-order valence-corrected chi connectivity index (χ3v) is 6.00. The zero-order valence-corrected chi connectivity index (χ0v) is 17.4. The van der Waals surface area contributed by atoms with E-state index in [0.717, 1.165) is 60.0 Å². The van der Waals surface area contributed by atoms with Crippen LogP contribution in [0, 0.1) is 11.7 Å². The average molecular weight is 416 g/mol. The predicted octanol–water partition coefficient (Wildman–Crippen LogP) is 4.29. The average Bonchev–Trinajstić information content (AvgIpc) is 3.19. The number of aromatic nitrogens is 3. The second-order valence-corrected chi connectivity index (χ2v) is 8.16. The van der Waals surface area contributed by atoms with Crippen LogP contribution in [0.3, 0.4) is 0 Å². The van der Waals surface area contributed by atoms with Crippen molar-refractivity contribution in [2.24, 2.45) is 5.92 Å². The molecule has 0 atom stereocenters. The molecule has 31 heavy (non-hydrogen) atoms. The number of fused-ring (bicyclic) bond motifs is 1. The van der Waals surface area contributed by atoms with E-state index in [0.29, 0.717) is 0 Å². The molecule has 0 amide bonds. The maximum atomic E-state index is 13.5. The maximum Gasteiger partial charge on any atom is 0.123 e. The lowest BCUT2D eigenvalue weighted by atomic mass is 9.98. The summed E-state index contributed by atoms with van der Waals surface area (Å²) in [5.41, 5.74) is 6.02. The van der Waals surface area contributed by atoms with Gasteiger partial charge in [-0.05, 0) is 92.0 Å². The van der Waals surface area contributed by atoms with Crippen molar-refractivity contribution < 1.29 is 4.39 Å². The Hall–Kier alpha value is -3.09. The van der Waals surface area contributed by atoms with Crippen LogP contribution in [0.2, 0.25) is 0 Å². The Balaban J connectivity index is 1.46. The fraction of sp³-hybridized carbons (Fsp3) is 0.280. The van der Waals surface area contributed by atoms with Crippen molar-refractivity contribution in [1.29, 1.82) is 0 Å². The van der Waals surface area contributed by atoms with Crippen LogP contribution in [0.15, 0.2) is 67.1 Å². The highest BCUT2D eigenvalue weighted by Gasteiger charge is 2.17. The molecular formula is C25H26FN5. The van der Waals surface area contributed by atoms with Gasteiger partial charge in [-0.2, -0.15) is 5.10 Å². The van der Waals surface area contributed by atoms with Gasteiger partial charge < -0.3 is 10.6 Å². The first-order chi connectivity index (χ1) is 15.3. The first-order valence-electron chi connectivity index (χ1n) is 10.9. The summed E-state index contributed by atoms with van der Waals surface area (Å²) in [5, 5.41) is 11.9. The van der Waals surface area contributed by atoms with Crippen molar-refractivity contribution in [2.45, 2.75) is 19.4 Å². The molecule has 0 radical (unpaired) electrons. The molecule has 2 N–H and O–H groups in total. The van der Waals surface area contributed by atoms with Gasteiger partial charge in [-0.1, -0.05) is 6.07 Å². The van der Waals surface area contributed by atoms with Crippen LogP contribution in [0.1, 0.15) is 18.4 Å². The van der Waals surface area contributed by atoms with Gasteiger partial charge in [0.25, 0.3) is 0 Å². The Morgan fingerprint density at radius 3 is 2.52 bits per heavy atom. The van der Waals surface area contributed by atoms with Crippen LogP contribution in [0.5, 0.6) is 0 Å². The van der Waals surface area contributed by atoms with Gasteiger partial charge in [-0.25, -0.2) is 8.91 Å². The van der Waals surface area contributed by atoms with Crippen LogP contribution in [-0.2, 0) is 6.54 Å². The second-order valence-electron chi connectivity index (χ2n) is 8.16. The molecule has 5 nitrogen and oxygen atoms in total. The molecule has 6 heteroatoms. The standard InChI is InChI=1S/C25H26FN5/c26-22-4-2-21(3-5-22)25-24(20-9-13-28-14-10-20)23-6-1-19(17-31(23)30-25)16-29-15-18-7-11-27-12-8-18/h1-6,9-10,13-14,17-18,27,29H,7-8,11-12,15-16H2. The summed E-state index contributed by atoms with van der Waals surface area (Å²) in [7, 11) is 0. The van der Waals surface area contributed by atoms with Gasteiger partial charge in [0.1, 0.15) is 11.5 Å². The number of pyridine rings is 2. The van der Waals surface area contributed by atoms with Crippen LogP contribution in [0.25, 0.3) is 27.9 Å². The van der Waals surface area contributed by atoms with Crippen molar-refractivity contribution in [3.8, 4) is 22.4 Å². The molecule has 1 aromatic carbocycles. The van der Waals surface area contributed by atoms with Crippen LogP contribution < -0.4 is 10.6 Å². The third-order valence-electron chi connectivity index (χ3n) is 6.00. The molecule has 0 bridgehead atoms. The highest BCUT2D eigenvalue weighted by atomic mass is 19.1. The molecule has 4 aromatic rings.